The van der Waals surface area contributed by atoms with Crippen LogP contribution in [0.15, 0.2) is 48.5 Å². The van der Waals surface area contributed by atoms with Gasteiger partial charge in [0.25, 0.3) is 5.91 Å². The van der Waals surface area contributed by atoms with Gasteiger partial charge in [0.05, 0.1) is 18.2 Å². The summed E-state index contributed by atoms with van der Waals surface area (Å²) in [6.07, 6.45) is 1.74. The number of amides is 1. The van der Waals surface area contributed by atoms with E-state index in [1.54, 1.807) is 23.1 Å². The van der Waals surface area contributed by atoms with Crippen LogP contribution in [-0.4, -0.2) is 16.8 Å². The van der Waals surface area contributed by atoms with Gasteiger partial charge in [0.2, 0.25) is 0 Å². The average molecular weight is 384 g/mol. The molecule has 1 saturated carbocycles. The Hall–Kier alpha value is -2.17. The first-order chi connectivity index (χ1) is 12.9. The number of rotatable bonds is 3. The molecule has 3 atom stereocenters. The molecule has 1 N–H and O–H groups in total. The summed E-state index contributed by atoms with van der Waals surface area (Å²) in [5, 5.41) is 12.2. The third kappa shape index (κ3) is 2.88. The van der Waals surface area contributed by atoms with Crippen molar-refractivity contribution in [3.8, 4) is 0 Å². The van der Waals surface area contributed by atoms with Gasteiger partial charge in [0.1, 0.15) is 5.78 Å². The highest BCUT2D eigenvalue weighted by atomic mass is 35.5. The Morgan fingerprint density at radius 1 is 1.15 bits per heavy atom. The van der Waals surface area contributed by atoms with Crippen LogP contribution in [0.2, 0.25) is 5.02 Å². The molecule has 0 saturated heterocycles. The molecule has 140 valence electrons. The second-order valence-electron chi connectivity index (χ2n) is 7.66. The Balaban J connectivity index is 1.78. The standard InChI is InChI=1S/C22H22ClNO3/c1-14-10-11-20(25)17(12-14)22(27)16-7-3-5-9-19(16)24(21(22)26)13-15-6-2-4-8-18(15)23/h2-9,14,17,27H,10-13H2,1H3/t14-,17-,22-/m1/s1. The molecule has 0 radical (unpaired) electrons. The van der Waals surface area contributed by atoms with E-state index in [4.69, 9.17) is 11.6 Å². The van der Waals surface area contributed by atoms with Crippen LogP contribution in [0.5, 0.6) is 0 Å². The molecule has 5 heteroatoms. The van der Waals surface area contributed by atoms with Gasteiger partial charge >= 0.3 is 0 Å². The highest BCUT2D eigenvalue weighted by Crippen LogP contribution is 2.49. The van der Waals surface area contributed by atoms with Crippen LogP contribution in [0.25, 0.3) is 0 Å². The SMILES string of the molecule is C[C@@H]1CCC(=O)[C@H]([C@@]2(O)C(=O)N(Cc3ccccc3Cl)c3ccccc32)C1. The van der Waals surface area contributed by atoms with Crippen LogP contribution < -0.4 is 4.90 Å². The molecule has 1 fully saturated rings. The lowest BCUT2D eigenvalue weighted by molar-refractivity contribution is -0.153. The third-order valence-corrected chi connectivity index (χ3v) is 6.25. The second kappa shape index (κ2) is 6.77. The molecule has 0 aromatic heterocycles. The van der Waals surface area contributed by atoms with Crippen molar-refractivity contribution in [2.75, 3.05) is 4.90 Å². The van der Waals surface area contributed by atoms with E-state index in [0.29, 0.717) is 35.0 Å². The topological polar surface area (TPSA) is 57.6 Å². The summed E-state index contributed by atoms with van der Waals surface area (Å²) in [5.41, 5.74) is 0.171. The Morgan fingerprint density at radius 3 is 2.63 bits per heavy atom. The van der Waals surface area contributed by atoms with E-state index in [0.717, 1.165) is 12.0 Å². The van der Waals surface area contributed by atoms with Crippen LogP contribution in [0.3, 0.4) is 0 Å². The number of fused-ring (bicyclic) bond motifs is 1. The third-order valence-electron chi connectivity index (χ3n) is 5.88. The number of ketones is 1. The Labute approximate surface area is 163 Å². The quantitative estimate of drug-likeness (QED) is 0.868. The molecule has 0 spiro atoms. The van der Waals surface area contributed by atoms with E-state index < -0.39 is 17.4 Å². The minimum Gasteiger partial charge on any atom is -0.375 e. The van der Waals surface area contributed by atoms with E-state index in [9.17, 15) is 14.7 Å². The Bertz CT molecular complexity index is 912. The van der Waals surface area contributed by atoms with Crippen LogP contribution in [0.1, 0.15) is 37.3 Å². The van der Waals surface area contributed by atoms with E-state index in [1.807, 2.05) is 30.3 Å². The summed E-state index contributed by atoms with van der Waals surface area (Å²) >= 11 is 6.28. The van der Waals surface area contributed by atoms with Gasteiger partial charge in [-0.3, -0.25) is 9.59 Å². The first-order valence-corrected chi connectivity index (χ1v) is 9.70. The largest absolute Gasteiger partial charge is 0.375 e. The van der Waals surface area contributed by atoms with Crippen LogP contribution in [-0.2, 0) is 21.7 Å². The molecule has 1 amide bonds. The Morgan fingerprint density at radius 2 is 1.85 bits per heavy atom. The zero-order chi connectivity index (χ0) is 19.2. The zero-order valence-corrected chi connectivity index (χ0v) is 15.9. The van der Waals surface area contributed by atoms with Gasteiger partial charge in [0.15, 0.2) is 5.60 Å². The van der Waals surface area contributed by atoms with Crippen LogP contribution >= 0.6 is 11.6 Å². The van der Waals surface area contributed by atoms with Crippen molar-refractivity contribution in [3.63, 3.8) is 0 Å². The minimum atomic E-state index is -1.80. The number of carbonyl (C=O) groups excluding carboxylic acids is 2. The predicted octanol–water partition coefficient (Wildman–Crippen LogP) is 4.08. The fourth-order valence-electron chi connectivity index (χ4n) is 4.37. The van der Waals surface area contributed by atoms with Crippen molar-refractivity contribution in [2.45, 2.75) is 38.3 Å². The van der Waals surface area contributed by atoms with Gasteiger partial charge < -0.3 is 10.0 Å². The fourth-order valence-corrected chi connectivity index (χ4v) is 4.57. The molecule has 1 heterocycles. The van der Waals surface area contributed by atoms with Crippen molar-refractivity contribution in [1.29, 1.82) is 0 Å². The van der Waals surface area contributed by atoms with Crippen LogP contribution in [0, 0.1) is 11.8 Å². The molecule has 0 bridgehead atoms. The molecule has 4 rings (SSSR count). The van der Waals surface area contributed by atoms with E-state index in [-0.39, 0.29) is 12.3 Å². The molecule has 1 aliphatic heterocycles. The maximum atomic E-state index is 13.4. The smallest absolute Gasteiger partial charge is 0.264 e. The number of carbonyl (C=O) groups is 2. The van der Waals surface area contributed by atoms with E-state index >= 15 is 0 Å². The highest BCUT2D eigenvalue weighted by molar-refractivity contribution is 6.31. The summed E-state index contributed by atoms with van der Waals surface area (Å²) < 4.78 is 0. The highest BCUT2D eigenvalue weighted by Gasteiger charge is 2.57. The Kier molecular flexibility index (Phi) is 4.57. The van der Waals surface area contributed by atoms with Crippen molar-refractivity contribution in [1.82, 2.24) is 0 Å². The molecule has 2 aliphatic rings. The lowest BCUT2D eigenvalue weighted by atomic mass is 9.70. The summed E-state index contributed by atoms with van der Waals surface area (Å²) in [5.74, 6) is -0.866. The number of benzene rings is 2. The summed E-state index contributed by atoms with van der Waals surface area (Å²) in [7, 11) is 0. The van der Waals surface area contributed by atoms with Gasteiger partial charge in [0, 0.05) is 17.0 Å². The lowest BCUT2D eigenvalue weighted by Crippen LogP contribution is -2.50. The maximum absolute atomic E-state index is 13.4. The molecule has 2 aromatic rings. The van der Waals surface area contributed by atoms with Gasteiger partial charge in [-0.25, -0.2) is 0 Å². The molecule has 4 nitrogen and oxygen atoms in total. The van der Waals surface area contributed by atoms with Gasteiger partial charge in [-0.05, 0) is 36.5 Å². The lowest BCUT2D eigenvalue weighted by Gasteiger charge is -2.35. The number of hydrogen-bond donors (Lipinski definition) is 1. The van der Waals surface area contributed by atoms with E-state index in [2.05, 4.69) is 6.92 Å². The van der Waals surface area contributed by atoms with Crippen molar-refractivity contribution in [2.24, 2.45) is 11.8 Å². The number of Topliss-reactive ketones (excluding diaryl/α,β-unsaturated/α-hetero) is 1. The van der Waals surface area contributed by atoms with Gasteiger partial charge in [-0.2, -0.15) is 0 Å². The molecule has 27 heavy (non-hydrogen) atoms. The number of halogens is 1. The summed E-state index contributed by atoms with van der Waals surface area (Å²) in [6, 6.07) is 14.6. The molecule has 1 aliphatic carbocycles. The summed E-state index contributed by atoms with van der Waals surface area (Å²) in [4.78, 5) is 27.6. The first-order valence-electron chi connectivity index (χ1n) is 9.33. The van der Waals surface area contributed by atoms with Gasteiger partial charge in [-0.1, -0.05) is 54.9 Å². The summed E-state index contributed by atoms with van der Waals surface area (Å²) in [6.45, 7) is 2.32. The molecular weight excluding hydrogens is 362 g/mol. The van der Waals surface area contributed by atoms with Gasteiger partial charge in [-0.15, -0.1) is 0 Å². The first kappa shape index (κ1) is 18.2. The van der Waals surface area contributed by atoms with Crippen molar-refractivity contribution < 1.29 is 14.7 Å². The number of hydrogen-bond acceptors (Lipinski definition) is 3. The minimum absolute atomic E-state index is 0.0293. The van der Waals surface area contributed by atoms with Crippen molar-refractivity contribution in [3.05, 3.63) is 64.7 Å². The normalized spacial score (nSPS) is 27.7. The molecule has 2 aromatic carbocycles. The number of para-hydroxylation sites is 1. The maximum Gasteiger partial charge on any atom is 0.264 e. The number of anilines is 1. The van der Waals surface area contributed by atoms with Crippen LogP contribution in [0.4, 0.5) is 5.69 Å². The predicted molar refractivity (Wildman–Crippen MR) is 104 cm³/mol. The van der Waals surface area contributed by atoms with Crippen molar-refractivity contribution >= 4 is 29.0 Å². The number of nitrogens with zero attached hydrogens (tertiary/aromatic N) is 1. The second-order valence-corrected chi connectivity index (χ2v) is 8.07. The monoisotopic (exact) mass is 383 g/mol. The molecular formula is C22H22ClNO3. The van der Waals surface area contributed by atoms with E-state index in [1.165, 1.54) is 0 Å². The zero-order valence-electron chi connectivity index (χ0n) is 15.2. The molecule has 0 unspecified atom stereocenters. The number of aliphatic hydroxyl groups is 1. The average Bonchev–Trinajstić information content (AvgIpc) is 2.88. The fraction of sp³-hybridized carbons (Fsp3) is 0.364.